The summed E-state index contributed by atoms with van der Waals surface area (Å²) in [5.74, 6) is 0. The Balaban J connectivity index is 1.11. The summed E-state index contributed by atoms with van der Waals surface area (Å²) in [5, 5.41) is 11.9. The molecular weight excluding hydrogens is 522 g/mol. The third-order valence-electron chi connectivity index (χ3n) is 6.93. The molecule has 0 saturated carbocycles. The van der Waals surface area contributed by atoms with E-state index in [1.807, 2.05) is 47.4 Å². The number of hydrogen-bond donors (Lipinski definition) is 0. The maximum Gasteiger partial charge on any atom is 0.120 e. The number of pyridine rings is 1. The van der Waals surface area contributed by atoms with Gasteiger partial charge in [-0.25, -0.2) is 4.68 Å². The van der Waals surface area contributed by atoms with Crippen molar-refractivity contribution >= 4 is 28.4 Å². The first kappa shape index (κ1) is 24.7. The molecule has 0 bridgehead atoms. The number of para-hydroxylation sites is 2. The largest absolute Gasteiger partial charge is 0.311 e. The van der Waals surface area contributed by atoms with Crippen LogP contribution >= 0.6 is 11.3 Å². The predicted octanol–water partition coefficient (Wildman–Crippen LogP) is 9.19. The summed E-state index contributed by atoms with van der Waals surface area (Å²) < 4.78 is 1.82. The zero-order valence-electron chi connectivity index (χ0n) is 22.1. The molecule has 0 aliphatic carbocycles. The fourth-order valence-corrected chi connectivity index (χ4v) is 5.68. The average molecular weight is 548 g/mol. The highest BCUT2D eigenvalue weighted by molar-refractivity contribution is 7.13. The Bertz CT molecular complexity index is 1820. The van der Waals surface area contributed by atoms with Crippen LogP contribution in [0.3, 0.4) is 0 Å². The van der Waals surface area contributed by atoms with Gasteiger partial charge in [0.25, 0.3) is 0 Å². The summed E-state index contributed by atoms with van der Waals surface area (Å²) in [6.07, 6.45) is 3.78. The van der Waals surface area contributed by atoms with Crippen LogP contribution in [0.15, 0.2) is 151 Å². The molecule has 0 unspecified atom stereocenters. The van der Waals surface area contributed by atoms with E-state index in [2.05, 4.69) is 129 Å². The molecule has 0 fully saturated rings. The summed E-state index contributed by atoms with van der Waals surface area (Å²) in [5.41, 5.74) is 9.56. The van der Waals surface area contributed by atoms with E-state index in [0.29, 0.717) is 0 Å². The Hall–Kier alpha value is -5.33. The second-order valence-electron chi connectivity index (χ2n) is 9.57. The minimum absolute atomic E-state index is 0.834. The number of aromatic nitrogens is 4. The minimum Gasteiger partial charge on any atom is -0.311 e. The zero-order valence-corrected chi connectivity index (χ0v) is 22.9. The highest BCUT2D eigenvalue weighted by Gasteiger charge is 2.13. The molecule has 4 aromatic carbocycles. The van der Waals surface area contributed by atoms with Crippen molar-refractivity contribution in [3.8, 4) is 38.6 Å². The fourth-order valence-electron chi connectivity index (χ4n) is 4.85. The lowest BCUT2D eigenvalue weighted by molar-refractivity contribution is 0.815. The van der Waals surface area contributed by atoms with E-state index in [1.54, 1.807) is 11.3 Å². The smallest absolute Gasteiger partial charge is 0.120 e. The van der Waals surface area contributed by atoms with Gasteiger partial charge in [-0.2, -0.15) is 0 Å². The third kappa shape index (κ3) is 5.16. The summed E-state index contributed by atoms with van der Waals surface area (Å²) >= 11 is 1.62. The van der Waals surface area contributed by atoms with Crippen LogP contribution in [0.5, 0.6) is 0 Å². The Morgan fingerprint density at radius 3 is 1.76 bits per heavy atom. The highest BCUT2D eigenvalue weighted by Crippen LogP contribution is 2.35. The molecule has 0 aliphatic heterocycles. The van der Waals surface area contributed by atoms with Crippen LogP contribution in [0, 0.1) is 0 Å². The minimum atomic E-state index is 0.834. The van der Waals surface area contributed by atoms with Crippen molar-refractivity contribution in [3.63, 3.8) is 0 Å². The van der Waals surface area contributed by atoms with Crippen LogP contribution in [0.2, 0.25) is 0 Å². The van der Waals surface area contributed by atoms with Gasteiger partial charge < -0.3 is 4.90 Å². The van der Waals surface area contributed by atoms with Crippen molar-refractivity contribution in [2.75, 3.05) is 4.90 Å². The molecule has 0 radical (unpaired) electrons. The van der Waals surface area contributed by atoms with Crippen molar-refractivity contribution < 1.29 is 0 Å². The van der Waals surface area contributed by atoms with Gasteiger partial charge in [0.1, 0.15) is 10.7 Å². The second-order valence-corrected chi connectivity index (χ2v) is 10.5. The number of benzene rings is 4. The van der Waals surface area contributed by atoms with Gasteiger partial charge in [0, 0.05) is 39.8 Å². The van der Waals surface area contributed by atoms with Crippen molar-refractivity contribution in [1.82, 2.24) is 20.0 Å². The second kappa shape index (κ2) is 11.0. The van der Waals surface area contributed by atoms with Crippen LogP contribution < -0.4 is 4.90 Å². The van der Waals surface area contributed by atoms with Crippen LogP contribution in [0.1, 0.15) is 0 Å². The molecule has 7 aromatic rings. The van der Waals surface area contributed by atoms with Crippen molar-refractivity contribution in [3.05, 3.63) is 151 Å². The van der Waals surface area contributed by atoms with Crippen molar-refractivity contribution in [2.45, 2.75) is 0 Å². The molecule has 0 N–H and O–H groups in total. The molecule has 6 heteroatoms. The SMILES string of the molecule is c1ccc(N(c2ccccc2)c2ccc(-c3ccc(-c4cn(-c5cc(-c6ccccn6)cs5)nn4)cc3)cc2)cc1. The van der Waals surface area contributed by atoms with Gasteiger partial charge >= 0.3 is 0 Å². The van der Waals surface area contributed by atoms with Gasteiger partial charge in [-0.05, 0) is 65.7 Å². The summed E-state index contributed by atoms with van der Waals surface area (Å²) in [6.45, 7) is 0. The number of nitrogens with zero attached hydrogens (tertiary/aromatic N) is 5. The number of thiophene rings is 1. The van der Waals surface area contributed by atoms with Gasteiger partial charge in [-0.3, -0.25) is 4.98 Å². The van der Waals surface area contributed by atoms with Gasteiger partial charge in [0.05, 0.1) is 11.9 Å². The van der Waals surface area contributed by atoms with Crippen molar-refractivity contribution in [1.29, 1.82) is 0 Å². The standard InChI is InChI=1S/C35H25N5S/c1-3-9-30(10-4-1)40(31-11-5-2-6-12-31)32-20-18-27(19-21-32)26-14-16-28(17-15-26)34-24-39(38-37-34)35-23-29(25-41-35)33-13-7-8-22-36-33/h1-25H. The van der Waals surface area contributed by atoms with Gasteiger partial charge in [0.15, 0.2) is 0 Å². The quantitative estimate of drug-likeness (QED) is 0.200. The molecule has 3 aromatic heterocycles. The number of rotatable bonds is 7. The lowest BCUT2D eigenvalue weighted by Crippen LogP contribution is -2.09. The molecular formula is C35H25N5S. The molecule has 0 amide bonds. The third-order valence-corrected chi connectivity index (χ3v) is 7.85. The first-order valence-corrected chi connectivity index (χ1v) is 14.2. The first-order chi connectivity index (χ1) is 20.3. The van der Waals surface area contributed by atoms with E-state index in [-0.39, 0.29) is 0 Å². The van der Waals surface area contributed by atoms with Crippen molar-refractivity contribution in [2.24, 2.45) is 0 Å². The maximum atomic E-state index is 4.44. The summed E-state index contributed by atoms with van der Waals surface area (Å²) in [7, 11) is 0. The average Bonchev–Trinajstić information content (AvgIpc) is 3.74. The van der Waals surface area contributed by atoms with Gasteiger partial charge in [0.2, 0.25) is 0 Å². The topological polar surface area (TPSA) is 46.8 Å². The Morgan fingerprint density at radius 2 is 1.12 bits per heavy atom. The van der Waals surface area contributed by atoms with Crippen LogP contribution in [0.4, 0.5) is 17.1 Å². The van der Waals surface area contributed by atoms with E-state index in [1.165, 1.54) is 0 Å². The lowest BCUT2D eigenvalue weighted by atomic mass is 10.0. The number of anilines is 3. The van der Waals surface area contributed by atoms with Gasteiger partial charge in [-0.1, -0.05) is 84.1 Å². The van der Waals surface area contributed by atoms with Crippen LogP contribution in [-0.4, -0.2) is 20.0 Å². The Morgan fingerprint density at radius 1 is 0.537 bits per heavy atom. The number of hydrogen-bond acceptors (Lipinski definition) is 5. The Labute approximate surface area is 242 Å². The monoisotopic (exact) mass is 547 g/mol. The fraction of sp³-hybridized carbons (Fsp3) is 0. The zero-order chi connectivity index (χ0) is 27.4. The Kier molecular flexibility index (Phi) is 6.65. The molecule has 0 spiro atoms. The van der Waals surface area contributed by atoms with E-state index in [0.717, 1.165) is 55.7 Å². The molecule has 5 nitrogen and oxygen atoms in total. The molecule has 196 valence electrons. The molecule has 7 rings (SSSR count). The molecule has 0 aliphatic rings. The predicted molar refractivity (Wildman–Crippen MR) is 168 cm³/mol. The van der Waals surface area contributed by atoms with E-state index >= 15 is 0 Å². The first-order valence-electron chi connectivity index (χ1n) is 13.4. The van der Waals surface area contributed by atoms with E-state index in [4.69, 9.17) is 0 Å². The summed E-state index contributed by atoms with van der Waals surface area (Å²) in [6, 6.07) is 46.1. The normalized spacial score (nSPS) is 10.9. The lowest BCUT2D eigenvalue weighted by Gasteiger charge is -2.25. The van der Waals surface area contributed by atoms with E-state index < -0.39 is 0 Å². The van der Waals surface area contributed by atoms with Crippen LogP contribution in [-0.2, 0) is 0 Å². The molecule has 3 heterocycles. The highest BCUT2D eigenvalue weighted by atomic mass is 32.1. The molecule has 0 saturated heterocycles. The maximum absolute atomic E-state index is 4.44. The van der Waals surface area contributed by atoms with Gasteiger partial charge in [-0.15, -0.1) is 16.4 Å². The van der Waals surface area contributed by atoms with E-state index in [9.17, 15) is 0 Å². The summed E-state index contributed by atoms with van der Waals surface area (Å²) in [4.78, 5) is 6.71. The molecule has 41 heavy (non-hydrogen) atoms. The molecule has 0 atom stereocenters. The van der Waals surface area contributed by atoms with Crippen LogP contribution in [0.25, 0.3) is 38.6 Å².